The van der Waals surface area contributed by atoms with Crippen LogP contribution in [0.3, 0.4) is 0 Å². The number of amides is 2. The Balaban J connectivity index is 1.47. The highest BCUT2D eigenvalue weighted by atomic mass is 16.6. The fourth-order valence-corrected chi connectivity index (χ4v) is 5.31. The van der Waals surface area contributed by atoms with Gasteiger partial charge >= 0.3 is 12.1 Å². The quantitative estimate of drug-likeness (QED) is 0.368. The van der Waals surface area contributed by atoms with Gasteiger partial charge in [0.2, 0.25) is 5.91 Å². The van der Waals surface area contributed by atoms with Crippen LogP contribution in [0.1, 0.15) is 33.6 Å². The normalized spacial score (nSPS) is 23.2. The van der Waals surface area contributed by atoms with E-state index in [0.29, 0.717) is 22.7 Å². The number of hydrogen-bond donors (Lipinski definition) is 2. The number of carboxylic acids is 1. The van der Waals surface area contributed by atoms with Gasteiger partial charge in [-0.15, -0.1) is 6.58 Å². The van der Waals surface area contributed by atoms with Gasteiger partial charge in [0.15, 0.2) is 0 Å². The Morgan fingerprint density at radius 1 is 1.14 bits per heavy atom. The maximum absolute atomic E-state index is 13.5. The molecular weight excluding hydrogens is 538 g/mol. The van der Waals surface area contributed by atoms with E-state index in [0.717, 1.165) is 10.9 Å². The smallest absolute Gasteiger partial charge is 0.411 e. The minimum atomic E-state index is -1.43. The van der Waals surface area contributed by atoms with Crippen LogP contribution in [-0.4, -0.2) is 69.9 Å². The molecule has 2 fully saturated rings. The molecule has 0 spiro atoms. The van der Waals surface area contributed by atoms with Crippen LogP contribution < -0.4 is 14.8 Å². The van der Waals surface area contributed by atoms with E-state index in [1.807, 2.05) is 54.6 Å². The molecule has 3 aromatic rings. The van der Waals surface area contributed by atoms with Gasteiger partial charge in [-0.2, -0.15) is 0 Å². The van der Waals surface area contributed by atoms with Crippen molar-refractivity contribution >= 4 is 28.9 Å². The van der Waals surface area contributed by atoms with Crippen LogP contribution in [0.2, 0.25) is 0 Å². The van der Waals surface area contributed by atoms with Gasteiger partial charge in [0.1, 0.15) is 34.8 Å². The van der Waals surface area contributed by atoms with E-state index in [2.05, 4.69) is 11.9 Å². The van der Waals surface area contributed by atoms with Crippen molar-refractivity contribution in [3.63, 3.8) is 0 Å². The number of benzene rings is 2. The fraction of sp³-hybridized carbons (Fsp3) is 0.375. The summed E-state index contributed by atoms with van der Waals surface area (Å²) in [5, 5.41) is 13.2. The predicted molar refractivity (Wildman–Crippen MR) is 156 cm³/mol. The second kappa shape index (κ2) is 11.0. The van der Waals surface area contributed by atoms with Crippen LogP contribution in [-0.2, 0) is 14.3 Å². The molecule has 2 N–H and O–H groups in total. The summed E-state index contributed by atoms with van der Waals surface area (Å²) in [6.45, 7) is 8.97. The van der Waals surface area contributed by atoms with Gasteiger partial charge in [0.05, 0.1) is 24.9 Å². The summed E-state index contributed by atoms with van der Waals surface area (Å²) in [6.07, 6.45) is 0.642. The van der Waals surface area contributed by atoms with Crippen molar-refractivity contribution in [2.75, 3.05) is 13.7 Å². The number of carbonyl (C=O) groups excluding carboxylic acids is 2. The Hall–Kier alpha value is -4.60. The number of ether oxygens (including phenoxy) is 3. The first-order valence-corrected chi connectivity index (χ1v) is 13.8. The molecule has 10 heteroatoms. The molecule has 1 saturated heterocycles. The predicted octanol–water partition coefficient (Wildman–Crippen LogP) is 4.81. The molecule has 1 aromatic heterocycles. The third-order valence-corrected chi connectivity index (χ3v) is 7.56. The molecule has 4 atom stereocenters. The van der Waals surface area contributed by atoms with E-state index in [1.165, 1.54) is 11.0 Å². The lowest BCUT2D eigenvalue weighted by Crippen LogP contribution is -2.53. The van der Waals surface area contributed by atoms with Gasteiger partial charge in [-0.25, -0.2) is 14.6 Å². The number of likely N-dealkylation sites (tertiary alicyclic amines) is 1. The molecule has 2 heterocycles. The Morgan fingerprint density at radius 2 is 1.88 bits per heavy atom. The van der Waals surface area contributed by atoms with Crippen LogP contribution in [0.25, 0.3) is 22.2 Å². The maximum Gasteiger partial charge on any atom is 0.411 e. The summed E-state index contributed by atoms with van der Waals surface area (Å²) >= 11 is 0. The molecule has 5 rings (SSSR count). The van der Waals surface area contributed by atoms with E-state index < -0.39 is 41.3 Å². The van der Waals surface area contributed by atoms with Gasteiger partial charge in [0.25, 0.3) is 0 Å². The second-order valence-corrected chi connectivity index (χ2v) is 11.7. The number of nitrogens with one attached hydrogen (secondary N) is 1. The molecule has 1 aliphatic heterocycles. The Labute approximate surface area is 244 Å². The number of pyridine rings is 1. The van der Waals surface area contributed by atoms with Crippen LogP contribution >= 0.6 is 0 Å². The van der Waals surface area contributed by atoms with Crippen molar-refractivity contribution in [3.8, 4) is 22.8 Å². The number of rotatable bonds is 8. The van der Waals surface area contributed by atoms with Crippen LogP contribution in [0.15, 0.2) is 67.3 Å². The lowest BCUT2D eigenvalue weighted by Gasteiger charge is -2.28. The zero-order chi connectivity index (χ0) is 30.2. The van der Waals surface area contributed by atoms with E-state index in [9.17, 15) is 19.5 Å². The summed E-state index contributed by atoms with van der Waals surface area (Å²) in [5.74, 6) is -0.924. The molecule has 2 aromatic carbocycles. The van der Waals surface area contributed by atoms with Gasteiger partial charge in [-0.05, 0) is 39.3 Å². The van der Waals surface area contributed by atoms with E-state index in [-0.39, 0.29) is 25.3 Å². The first-order valence-electron chi connectivity index (χ1n) is 13.8. The first kappa shape index (κ1) is 28.9. The van der Waals surface area contributed by atoms with Crippen LogP contribution in [0.4, 0.5) is 4.79 Å². The van der Waals surface area contributed by atoms with Gasteiger partial charge in [-0.1, -0.05) is 36.4 Å². The highest BCUT2D eigenvalue weighted by molar-refractivity contribution is 5.94. The maximum atomic E-state index is 13.5. The van der Waals surface area contributed by atoms with E-state index in [4.69, 9.17) is 19.2 Å². The summed E-state index contributed by atoms with van der Waals surface area (Å²) < 4.78 is 17.5. The molecule has 0 radical (unpaired) electrons. The minimum Gasteiger partial charge on any atom is -0.497 e. The summed E-state index contributed by atoms with van der Waals surface area (Å²) in [5.41, 5.74) is 0.0213. The monoisotopic (exact) mass is 573 g/mol. The number of hydrogen-bond acceptors (Lipinski definition) is 7. The van der Waals surface area contributed by atoms with Gasteiger partial charge in [-0.3, -0.25) is 9.69 Å². The summed E-state index contributed by atoms with van der Waals surface area (Å²) in [6, 6.07) is 16.0. The van der Waals surface area contributed by atoms with Crippen molar-refractivity contribution in [2.45, 2.75) is 56.9 Å². The Kier molecular flexibility index (Phi) is 7.57. The lowest BCUT2D eigenvalue weighted by atomic mass is 10.1. The standard InChI is InChI=1S/C32H35N3O7/c1-6-20-17-32(20,29(37)38)34-28(36)26-15-22(18-35(26)30(39)42-31(2,3)4)41-27-16-24(19-10-8-7-9-11-19)33-25-14-21(40-5)12-13-23(25)27/h6-14,16,20,22,26H,1,15,17-18H2,2-5H3,(H,34,36)(H,37,38)/t20-,22-,26+,32-/m1/s1. The third-order valence-electron chi connectivity index (χ3n) is 7.56. The van der Waals surface area contributed by atoms with Crippen molar-refractivity contribution in [1.29, 1.82) is 0 Å². The number of carboxylic acid groups (broad SMARTS) is 1. The molecule has 220 valence electrons. The number of aromatic nitrogens is 1. The van der Waals surface area contributed by atoms with E-state index >= 15 is 0 Å². The van der Waals surface area contributed by atoms with Gasteiger partial charge in [0, 0.05) is 35.4 Å². The zero-order valence-electron chi connectivity index (χ0n) is 24.1. The van der Waals surface area contributed by atoms with Gasteiger partial charge < -0.3 is 24.6 Å². The summed E-state index contributed by atoms with van der Waals surface area (Å²) in [7, 11) is 1.59. The molecule has 42 heavy (non-hydrogen) atoms. The fourth-order valence-electron chi connectivity index (χ4n) is 5.31. The molecule has 2 aliphatic rings. The van der Waals surface area contributed by atoms with Crippen molar-refractivity contribution < 1.29 is 33.7 Å². The minimum absolute atomic E-state index is 0.0681. The molecule has 10 nitrogen and oxygen atoms in total. The zero-order valence-corrected chi connectivity index (χ0v) is 24.1. The number of methoxy groups -OCH3 is 1. The topological polar surface area (TPSA) is 127 Å². The number of aliphatic carboxylic acids is 1. The third kappa shape index (κ3) is 5.74. The van der Waals surface area contributed by atoms with Crippen LogP contribution in [0, 0.1) is 5.92 Å². The highest BCUT2D eigenvalue weighted by Crippen LogP contribution is 2.45. The Bertz CT molecular complexity index is 1530. The van der Waals surface area contributed by atoms with Crippen molar-refractivity contribution in [3.05, 3.63) is 67.3 Å². The number of fused-ring (bicyclic) bond motifs is 1. The average molecular weight is 574 g/mol. The van der Waals surface area contributed by atoms with Crippen molar-refractivity contribution in [2.24, 2.45) is 5.92 Å². The van der Waals surface area contributed by atoms with Crippen LogP contribution in [0.5, 0.6) is 11.5 Å². The molecule has 1 aliphatic carbocycles. The second-order valence-electron chi connectivity index (χ2n) is 11.7. The largest absolute Gasteiger partial charge is 0.497 e. The number of carbonyl (C=O) groups is 3. The SMILES string of the molecule is C=C[C@@H]1C[C@]1(NC(=O)[C@@H]1C[C@@H](Oc2cc(-c3ccccc3)nc3cc(OC)ccc23)CN1C(=O)OC(C)(C)C)C(=O)O. The Morgan fingerprint density at radius 3 is 2.50 bits per heavy atom. The lowest BCUT2D eigenvalue weighted by molar-refractivity contribution is -0.144. The first-order chi connectivity index (χ1) is 19.9. The van der Waals surface area contributed by atoms with E-state index in [1.54, 1.807) is 27.9 Å². The highest BCUT2D eigenvalue weighted by Gasteiger charge is 2.61. The van der Waals surface area contributed by atoms with Crippen molar-refractivity contribution in [1.82, 2.24) is 15.2 Å². The molecule has 0 bridgehead atoms. The number of nitrogens with zero attached hydrogens (tertiary/aromatic N) is 2. The summed E-state index contributed by atoms with van der Waals surface area (Å²) in [4.78, 5) is 44.9. The molecular formula is C32H35N3O7. The molecule has 0 unspecified atom stereocenters. The average Bonchev–Trinajstić information content (AvgIpc) is 3.51. The molecule has 2 amide bonds. The molecule has 1 saturated carbocycles.